The van der Waals surface area contributed by atoms with Gasteiger partial charge in [-0.3, -0.25) is 4.79 Å². The number of rotatable bonds is 7. The van der Waals surface area contributed by atoms with Gasteiger partial charge in [-0.15, -0.1) is 0 Å². The molecular formula is C24H23NO4. The van der Waals surface area contributed by atoms with Crippen molar-refractivity contribution in [3.63, 3.8) is 0 Å². The monoisotopic (exact) mass is 389 g/mol. The number of carbonyl (C=O) groups excluding carboxylic acids is 2. The quantitative estimate of drug-likeness (QED) is 0.617. The molecule has 0 radical (unpaired) electrons. The van der Waals surface area contributed by atoms with E-state index in [0.29, 0.717) is 5.75 Å². The van der Waals surface area contributed by atoms with Gasteiger partial charge in [0.1, 0.15) is 11.3 Å². The topological polar surface area (TPSA) is 64.6 Å². The molecule has 5 heteroatoms. The van der Waals surface area contributed by atoms with Crippen molar-refractivity contribution in [2.75, 3.05) is 7.11 Å². The van der Waals surface area contributed by atoms with Crippen molar-refractivity contribution in [3.8, 4) is 5.75 Å². The third-order valence-corrected chi connectivity index (χ3v) is 4.53. The molecule has 1 atom stereocenters. The molecule has 0 unspecified atom stereocenters. The zero-order chi connectivity index (χ0) is 20.6. The van der Waals surface area contributed by atoms with Crippen LogP contribution in [0.3, 0.4) is 0 Å². The number of methoxy groups -OCH3 is 1. The Morgan fingerprint density at radius 1 is 0.793 bits per heavy atom. The minimum Gasteiger partial charge on any atom is -0.496 e. The highest BCUT2D eigenvalue weighted by molar-refractivity contribution is 5.94. The van der Waals surface area contributed by atoms with Crippen molar-refractivity contribution < 1.29 is 19.1 Å². The maximum Gasteiger partial charge on any atom is 0.342 e. The van der Waals surface area contributed by atoms with E-state index in [4.69, 9.17) is 9.47 Å². The first-order chi connectivity index (χ1) is 14.1. The summed E-state index contributed by atoms with van der Waals surface area (Å²) in [4.78, 5) is 25.3. The van der Waals surface area contributed by atoms with Crippen LogP contribution in [0, 0.1) is 0 Å². The SMILES string of the molecule is COc1ccccc1C(=O)O[C@H](C)C(=O)NC(c1ccccc1)c1ccccc1. The van der Waals surface area contributed by atoms with Gasteiger partial charge in [0.05, 0.1) is 13.2 Å². The lowest BCUT2D eigenvalue weighted by Crippen LogP contribution is -2.38. The summed E-state index contributed by atoms with van der Waals surface area (Å²) >= 11 is 0. The number of para-hydroxylation sites is 1. The lowest BCUT2D eigenvalue weighted by Gasteiger charge is -2.22. The number of hydrogen-bond acceptors (Lipinski definition) is 4. The molecule has 0 fully saturated rings. The largest absolute Gasteiger partial charge is 0.496 e. The van der Waals surface area contributed by atoms with Crippen molar-refractivity contribution in [3.05, 3.63) is 102 Å². The molecule has 0 spiro atoms. The predicted octanol–water partition coefficient (Wildman–Crippen LogP) is 4.15. The van der Waals surface area contributed by atoms with Crippen LogP contribution in [0.5, 0.6) is 5.75 Å². The van der Waals surface area contributed by atoms with Crippen molar-refractivity contribution in [1.82, 2.24) is 5.32 Å². The van der Waals surface area contributed by atoms with E-state index in [2.05, 4.69) is 5.32 Å². The molecule has 3 aromatic rings. The van der Waals surface area contributed by atoms with Gasteiger partial charge < -0.3 is 14.8 Å². The molecule has 0 aromatic heterocycles. The van der Waals surface area contributed by atoms with Crippen molar-refractivity contribution in [2.24, 2.45) is 0 Å². The van der Waals surface area contributed by atoms with Crippen LogP contribution in [0.1, 0.15) is 34.5 Å². The third-order valence-electron chi connectivity index (χ3n) is 4.53. The van der Waals surface area contributed by atoms with Crippen molar-refractivity contribution in [1.29, 1.82) is 0 Å². The average molecular weight is 389 g/mol. The molecule has 3 aromatic carbocycles. The third kappa shape index (κ3) is 5.02. The van der Waals surface area contributed by atoms with Gasteiger partial charge in [-0.1, -0.05) is 72.8 Å². The lowest BCUT2D eigenvalue weighted by molar-refractivity contribution is -0.129. The number of benzene rings is 3. The van der Waals surface area contributed by atoms with Crippen LogP contribution in [-0.4, -0.2) is 25.1 Å². The number of esters is 1. The van der Waals surface area contributed by atoms with Gasteiger partial charge in [0.2, 0.25) is 0 Å². The number of amides is 1. The fourth-order valence-corrected chi connectivity index (χ4v) is 3.00. The fourth-order valence-electron chi connectivity index (χ4n) is 3.00. The second kappa shape index (κ2) is 9.55. The molecule has 1 amide bonds. The Morgan fingerprint density at radius 3 is 1.86 bits per heavy atom. The Hall–Kier alpha value is -3.60. The molecule has 0 heterocycles. The molecule has 0 saturated carbocycles. The zero-order valence-corrected chi connectivity index (χ0v) is 16.4. The van der Waals surface area contributed by atoms with Crippen LogP contribution >= 0.6 is 0 Å². The Balaban J connectivity index is 1.75. The molecule has 148 valence electrons. The van der Waals surface area contributed by atoms with E-state index in [9.17, 15) is 9.59 Å². The van der Waals surface area contributed by atoms with E-state index in [1.54, 1.807) is 31.2 Å². The van der Waals surface area contributed by atoms with E-state index in [-0.39, 0.29) is 17.5 Å². The van der Waals surface area contributed by atoms with Gasteiger partial charge in [-0.2, -0.15) is 0 Å². The highest BCUT2D eigenvalue weighted by Crippen LogP contribution is 2.23. The second-order valence-corrected chi connectivity index (χ2v) is 6.51. The summed E-state index contributed by atoms with van der Waals surface area (Å²) in [5.74, 6) is -0.594. The molecule has 29 heavy (non-hydrogen) atoms. The summed E-state index contributed by atoms with van der Waals surface area (Å²) in [7, 11) is 1.48. The first-order valence-electron chi connectivity index (χ1n) is 9.34. The van der Waals surface area contributed by atoms with Gasteiger partial charge in [0.15, 0.2) is 6.10 Å². The van der Waals surface area contributed by atoms with E-state index < -0.39 is 12.1 Å². The first kappa shape index (κ1) is 20.1. The van der Waals surface area contributed by atoms with Crippen molar-refractivity contribution >= 4 is 11.9 Å². The zero-order valence-electron chi connectivity index (χ0n) is 16.4. The van der Waals surface area contributed by atoms with E-state index in [1.807, 2.05) is 60.7 Å². The lowest BCUT2D eigenvalue weighted by atomic mass is 9.98. The highest BCUT2D eigenvalue weighted by Gasteiger charge is 2.24. The highest BCUT2D eigenvalue weighted by atomic mass is 16.5. The number of nitrogens with one attached hydrogen (secondary N) is 1. The van der Waals surface area contributed by atoms with Gasteiger partial charge in [0, 0.05) is 0 Å². The smallest absolute Gasteiger partial charge is 0.342 e. The normalized spacial score (nSPS) is 11.6. The molecule has 0 saturated heterocycles. The fraction of sp³-hybridized carbons (Fsp3) is 0.167. The molecule has 3 rings (SSSR count). The first-order valence-corrected chi connectivity index (χ1v) is 9.34. The van der Waals surface area contributed by atoms with Crippen LogP contribution in [0.4, 0.5) is 0 Å². The van der Waals surface area contributed by atoms with Crippen LogP contribution in [0.25, 0.3) is 0 Å². The maximum absolute atomic E-state index is 12.8. The number of carbonyl (C=O) groups is 2. The van der Waals surface area contributed by atoms with E-state index in [0.717, 1.165) is 11.1 Å². The molecular weight excluding hydrogens is 366 g/mol. The van der Waals surface area contributed by atoms with Crippen LogP contribution in [0.15, 0.2) is 84.9 Å². The molecule has 0 aliphatic heterocycles. The van der Waals surface area contributed by atoms with Gasteiger partial charge in [-0.25, -0.2) is 4.79 Å². The second-order valence-electron chi connectivity index (χ2n) is 6.51. The molecule has 0 bridgehead atoms. The molecule has 5 nitrogen and oxygen atoms in total. The molecule has 1 N–H and O–H groups in total. The summed E-state index contributed by atoms with van der Waals surface area (Å²) in [5, 5.41) is 2.99. The van der Waals surface area contributed by atoms with Crippen LogP contribution in [0.2, 0.25) is 0 Å². The van der Waals surface area contributed by atoms with Crippen LogP contribution < -0.4 is 10.1 Å². The minimum atomic E-state index is -0.970. The Bertz CT molecular complexity index is 917. The van der Waals surface area contributed by atoms with Gasteiger partial charge in [-0.05, 0) is 30.2 Å². The van der Waals surface area contributed by atoms with Crippen molar-refractivity contribution in [2.45, 2.75) is 19.1 Å². The summed E-state index contributed by atoms with van der Waals surface area (Å²) in [6.07, 6.45) is -0.970. The predicted molar refractivity (Wildman–Crippen MR) is 111 cm³/mol. The summed E-state index contributed by atoms with van der Waals surface area (Å²) < 4.78 is 10.6. The van der Waals surface area contributed by atoms with Crippen LogP contribution in [-0.2, 0) is 9.53 Å². The summed E-state index contributed by atoms with van der Waals surface area (Å²) in [6, 6.07) is 25.7. The summed E-state index contributed by atoms with van der Waals surface area (Å²) in [5.41, 5.74) is 2.16. The van der Waals surface area contributed by atoms with E-state index >= 15 is 0 Å². The molecule has 0 aliphatic carbocycles. The van der Waals surface area contributed by atoms with E-state index in [1.165, 1.54) is 7.11 Å². The molecule has 0 aliphatic rings. The minimum absolute atomic E-state index is 0.275. The standard InChI is InChI=1S/C24H23NO4/c1-17(29-24(27)20-15-9-10-16-21(20)28-2)23(26)25-22(18-11-5-3-6-12-18)19-13-7-4-8-14-19/h3-17,22H,1-2H3,(H,25,26)/t17-/m1/s1. The number of ether oxygens (including phenoxy) is 2. The van der Waals surface area contributed by atoms with Gasteiger partial charge in [0.25, 0.3) is 5.91 Å². The number of hydrogen-bond donors (Lipinski definition) is 1. The maximum atomic E-state index is 12.8. The summed E-state index contributed by atoms with van der Waals surface area (Å²) in [6.45, 7) is 1.55. The Kier molecular flexibility index (Phi) is 6.63. The van der Waals surface area contributed by atoms with Gasteiger partial charge >= 0.3 is 5.97 Å². The average Bonchev–Trinajstić information content (AvgIpc) is 2.78. The Labute approximate surface area is 170 Å². The Morgan fingerprint density at radius 2 is 1.31 bits per heavy atom.